The van der Waals surface area contributed by atoms with E-state index in [-0.39, 0.29) is 12.3 Å². The minimum Gasteiger partial charge on any atom is -0.480 e. The van der Waals surface area contributed by atoms with Crippen molar-refractivity contribution in [3.05, 3.63) is 46.9 Å². The molecule has 0 bridgehead atoms. The number of thioether (sulfide) groups is 1. The number of carboxylic acid groups (broad SMARTS) is 1. The summed E-state index contributed by atoms with van der Waals surface area (Å²) in [6, 6.07) is 8.29. The van der Waals surface area contributed by atoms with Crippen molar-refractivity contribution in [2.24, 2.45) is 5.92 Å². The lowest BCUT2D eigenvalue weighted by Gasteiger charge is -2.23. The quantitative estimate of drug-likeness (QED) is 0.629. The van der Waals surface area contributed by atoms with Gasteiger partial charge in [-0.15, -0.1) is 0 Å². The fraction of sp³-hybridized carbons (Fsp3) is 0.353. The zero-order chi connectivity index (χ0) is 17.0. The average Bonchev–Trinajstić information content (AvgIpc) is 2.78. The number of benzene rings is 1. The van der Waals surface area contributed by atoms with E-state index in [4.69, 9.17) is 12.2 Å². The second-order valence-electron chi connectivity index (χ2n) is 5.78. The average molecular weight is 349 g/mol. The summed E-state index contributed by atoms with van der Waals surface area (Å²) < 4.78 is 0.313. The van der Waals surface area contributed by atoms with Crippen molar-refractivity contribution in [1.29, 1.82) is 0 Å². The van der Waals surface area contributed by atoms with Gasteiger partial charge >= 0.3 is 5.97 Å². The Labute approximate surface area is 145 Å². The number of carboxylic acids is 1. The summed E-state index contributed by atoms with van der Waals surface area (Å²) in [4.78, 5) is 26.0. The Balaban J connectivity index is 2.22. The van der Waals surface area contributed by atoms with Crippen molar-refractivity contribution in [3.8, 4) is 0 Å². The zero-order valence-electron chi connectivity index (χ0n) is 13.1. The SMILES string of the molecule is CC(C)C/C=C1\SC(=S)N(C(Cc2ccccc2)C(=O)O)C1=O. The van der Waals surface area contributed by atoms with E-state index in [0.717, 1.165) is 12.0 Å². The third-order valence-electron chi connectivity index (χ3n) is 3.47. The number of carbonyl (C=O) groups excluding carboxylic acids is 1. The molecule has 1 heterocycles. The lowest BCUT2D eigenvalue weighted by molar-refractivity contribution is -0.145. The van der Waals surface area contributed by atoms with Crippen LogP contribution in [0, 0.1) is 5.92 Å². The molecule has 1 atom stereocenters. The zero-order valence-corrected chi connectivity index (χ0v) is 14.7. The predicted molar refractivity (Wildman–Crippen MR) is 96.1 cm³/mol. The van der Waals surface area contributed by atoms with E-state index in [1.807, 2.05) is 36.4 Å². The molecule has 122 valence electrons. The molecule has 0 aliphatic carbocycles. The second kappa shape index (κ2) is 7.75. The molecular weight excluding hydrogens is 330 g/mol. The largest absolute Gasteiger partial charge is 0.480 e. The van der Waals surface area contributed by atoms with Crippen LogP contribution in [0.5, 0.6) is 0 Å². The molecule has 1 unspecified atom stereocenters. The van der Waals surface area contributed by atoms with E-state index < -0.39 is 12.0 Å². The molecule has 2 rings (SSSR count). The maximum atomic E-state index is 12.6. The van der Waals surface area contributed by atoms with Crippen LogP contribution in [-0.2, 0) is 16.0 Å². The molecule has 0 spiro atoms. The molecule has 1 fully saturated rings. The van der Waals surface area contributed by atoms with Crippen molar-refractivity contribution in [3.63, 3.8) is 0 Å². The number of thiocarbonyl (C=S) groups is 1. The van der Waals surface area contributed by atoms with E-state index in [9.17, 15) is 14.7 Å². The first-order chi connectivity index (χ1) is 10.9. The minimum atomic E-state index is -1.05. The Morgan fingerprint density at radius 3 is 2.57 bits per heavy atom. The number of hydrogen-bond donors (Lipinski definition) is 1. The van der Waals surface area contributed by atoms with E-state index in [1.165, 1.54) is 16.7 Å². The first-order valence-electron chi connectivity index (χ1n) is 7.42. The number of nitrogens with zero attached hydrogens (tertiary/aromatic N) is 1. The van der Waals surface area contributed by atoms with E-state index in [2.05, 4.69) is 13.8 Å². The Hall–Kier alpha value is -1.66. The molecule has 1 N–H and O–H groups in total. The highest BCUT2D eigenvalue weighted by Crippen LogP contribution is 2.34. The van der Waals surface area contributed by atoms with Crippen LogP contribution >= 0.6 is 24.0 Å². The topological polar surface area (TPSA) is 57.6 Å². The molecule has 1 aromatic rings. The summed E-state index contributed by atoms with van der Waals surface area (Å²) in [7, 11) is 0. The molecule has 0 radical (unpaired) electrons. The van der Waals surface area contributed by atoms with Gasteiger partial charge in [0, 0.05) is 6.42 Å². The first kappa shape index (κ1) is 17.7. The number of aliphatic carboxylic acids is 1. The Kier molecular flexibility index (Phi) is 5.96. The summed E-state index contributed by atoms with van der Waals surface area (Å²) in [5.74, 6) is -0.919. The second-order valence-corrected chi connectivity index (χ2v) is 7.46. The van der Waals surface area contributed by atoms with Gasteiger partial charge in [-0.25, -0.2) is 4.79 Å². The molecule has 1 aliphatic rings. The van der Waals surface area contributed by atoms with Gasteiger partial charge in [-0.3, -0.25) is 9.69 Å². The number of hydrogen-bond acceptors (Lipinski definition) is 4. The standard InChI is InChI=1S/C17H19NO3S2/c1-11(2)8-9-14-15(19)18(17(22)23-14)13(16(20)21)10-12-6-4-3-5-7-12/h3-7,9,11,13H,8,10H2,1-2H3,(H,20,21)/b14-9-. The van der Waals surface area contributed by atoms with Crippen LogP contribution in [0.25, 0.3) is 0 Å². The Bertz CT molecular complexity index is 640. The number of carbonyl (C=O) groups is 2. The summed E-state index contributed by atoms with van der Waals surface area (Å²) in [5.41, 5.74) is 0.861. The van der Waals surface area contributed by atoms with Crippen LogP contribution in [0.4, 0.5) is 0 Å². The first-order valence-corrected chi connectivity index (χ1v) is 8.65. The summed E-state index contributed by atoms with van der Waals surface area (Å²) in [6.45, 7) is 4.12. The van der Waals surface area contributed by atoms with Crippen LogP contribution in [0.15, 0.2) is 41.3 Å². The molecule has 0 saturated carbocycles. The Morgan fingerprint density at radius 1 is 1.35 bits per heavy atom. The molecule has 1 aliphatic heterocycles. The van der Waals surface area contributed by atoms with Gasteiger partial charge in [0.25, 0.3) is 5.91 Å². The summed E-state index contributed by atoms with van der Waals surface area (Å²) in [5, 5.41) is 9.55. The predicted octanol–water partition coefficient (Wildman–Crippen LogP) is 3.47. The maximum Gasteiger partial charge on any atom is 0.327 e. The van der Waals surface area contributed by atoms with E-state index in [1.54, 1.807) is 0 Å². The fourth-order valence-electron chi connectivity index (χ4n) is 2.26. The van der Waals surface area contributed by atoms with Gasteiger partial charge < -0.3 is 5.11 Å². The van der Waals surface area contributed by atoms with Crippen molar-refractivity contribution in [2.45, 2.75) is 32.7 Å². The smallest absolute Gasteiger partial charge is 0.327 e. The highest BCUT2D eigenvalue weighted by atomic mass is 32.2. The Morgan fingerprint density at radius 2 is 2.00 bits per heavy atom. The molecule has 4 nitrogen and oxygen atoms in total. The van der Waals surface area contributed by atoms with Gasteiger partial charge in [-0.1, -0.05) is 74.2 Å². The van der Waals surface area contributed by atoms with Crippen molar-refractivity contribution < 1.29 is 14.7 Å². The summed E-state index contributed by atoms with van der Waals surface area (Å²) in [6.07, 6.45) is 2.85. The lowest BCUT2D eigenvalue weighted by Crippen LogP contribution is -2.45. The van der Waals surface area contributed by atoms with E-state index >= 15 is 0 Å². The molecule has 23 heavy (non-hydrogen) atoms. The monoisotopic (exact) mass is 349 g/mol. The van der Waals surface area contributed by atoms with Crippen molar-refractivity contribution in [2.75, 3.05) is 0 Å². The fourth-order valence-corrected chi connectivity index (χ4v) is 3.60. The third-order valence-corrected chi connectivity index (χ3v) is 4.85. The summed E-state index contributed by atoms with van der Waals surface area (Å²) >= 11 is 6.44. The maximum absolute atomic E-state index is 12.6. The van der Waals surface area contributed by atoms with Gasteiger partial charge in [0.15, 0.2) is 0 Å². The van der Waals surface area contributed by atoms with Crippen molar-refractivity contribution >= 4 is 40.2 Å². The number of amides is 1. The van der Waals surface area contributed by atoms with Crippen LogP contribution < -0.4 is 0 Å². The van der Waals surface area contributed by atoms with Crippen LogP contribution in [0.1, 0.15) is 25.8 Å². The molecular formula is C17H19NO3S2. The molecule has 0 aromatic heterocycles. The molecule has 6 heteroatoms. The minimum absolute atomic E-state index is 0.236. The van der Waals surface area contributed by atoms with Gasteiger partial charge in [0.2, 0.25) is 0 Å². The van der Waals surface area contributed by atoms with Gasteiger partial charge in [0.1, 0.15) is 10.4 Å². The van der Waals surface area contributed by atoms with Gasteiger partial charge in [-0.05, 0) is 17.9 Å². The molecule has 1 aromatic carbocycles. The highest BCUT2D eigenvalue weighted by molar-refractivity contribution is 8.26. The van der Waals surface area contributed by atoms with Crippen LogP contribution in [0.3, 0.4) is 0 Å². The van der Waals surface area contributed by atoms with Gasteiger partial charge in [-0.2, -0.15) is 0 Å². The molecule has 1 amide bonds. The lowest BCUT2D eigenvalue weighted by atomic mass is 10.0. The third kappa shape index (κ3) is 4.42. The van der Waals surface area contributed by atoms with E-state index in [0.29, 0.717) is 15.1 Å². The van der Waals surface area contributed by atoms with Gasteiger partial charge in [0.05, 0.1) is 4.91 Å². The van der Waals surface area contributed by atoms with Crippen LogP contribution in [-0.4, -0.2) is 32.2 Å². The number of rotatable bonds is 6. The normalized spacial score (nSPS) is 18.0. The van der Waals surface area contributed by atoms with Crippen molar-refractivity contribution in [1.82, 2.24) is 4.90 Å². The van der Waals surface area contributed by atoms with Crippen LogP contribution in [0.2, 0.25) is 0 Å². The molecule has 1 saturated heterocycles. The number of allylic oxidation sites excluding steroid dienone is 1. The highest BCUT2D eigenvalue weighted by Gasteiger charge is 2.40.